The topological polar surface area (TPSA) is 73.5 Å². The molecule has 2 fully saturated rings. The van der Waals surface area contributed by atoms with Crippen LogP contribution in [0.15, 0.2) is 0 Å². The van der Waals surface area contributed by atoms with Crippen molar-refractivity contribution in [3.05, 3.63) is 0 Å². The first-order valence-electron chi connectivity index (χ1n) is 10.2. The highest BCUT2D eigenvalue weighted by Crippen LogP contribution is 2.19. The van der Waals surface area contributed by atoms with Crippen LogP contribution in [0.25, 0.3) is 0 Å². The largest absolute Gasteiger partial charge is 0.338 e. The second-order valence-electron chi connectivity index (χ2n) is 7.49. The van der Waals surface area contributed by atoms with E-state index in [2.05, 4.69) is 16.0 Å². The average Bonchev–Trinajstić information content (AvgIpc) is 3.07. The lowest BCUT2D eigenvalue weighted by atomic mass is 9.96. The summed E-state index contributed by atoms with van der Waals surface area (Å²) < 4.78 is 0. The molecule has 0 aromatic heterocycles. The Labute approximate surface area is 164 Å². The van der Waals surface area contributed by atoms with Crippen molar-refractivity contribution in [2.24, 2.45) is 0 Å². The van der Waals surface area contributed by atoms with Gasteiger partial charge in [-0.05, 0) is 45.6 Å². The summed E-state index contributed by atoms with van der Waals surface area (Å²) in [6.07, 6.45) is 11.7. The van der Waals surface area contributed by atoms with E-state index in [1.54, 1.807) is 0 Å². The van der Waals surface area contributed by atoms with Gasteiger partial charge in [-0.25, -0.2) is 4.79 Å². The van der Waals surface area contributed by atoms with Crippen LogP contribution in [0.3, 0.4) is 0 Å². The highest BCUT2D eigenvalue weighted by Gasteiger charge is 2.27. The van der Waals surface area contributed by atoms with E-state index in [1.807, 2.05) is 11.9 Å². The molecule has 0 aromatic carbocycles. The summed E-state index contributed by atoms with van der Waals surface area (Å²) in [4.78, 5) is 26.2. The lowest BCUT2D eigenvalue weighted by molar-refractivity contribution is -0.132. The van der Waals surface area contributed by atoms with E-state index in [4.69, 9.17) is 0 Å². The van der Waals surface area contributed by atoms with Crippen molar-refractivity contribution in [2.45, 2.75) is 82.7 Å². The van der Waals surface area contributed by atoms with Gasteiger partial charge in [0, 0.05) is 38.1 Å². The summed E-state index contributed by atoms with van der Waals surface area (Å²) in [5, 5.41) is 9.19. The van der Waals surface area contributed by atoms with Crippen LogP contribution in [0, 0.1) is 0 Å². The molecule has 1 unspecified atom stereocenters. The summed E-state index contributed by atoms with van der Waals surface area (Å²) in [5.74, 6) is 0.292. The Kier molecular flexibility index (Phi) is 11.7. The van der Waals surface area contributed by atoms with Gasteiger partial charge in [-0.1, -0.05) is 25.7 Å². The van der Waals surface area contributed by atoms with Crippen molar-refractivity contribution >= 4 is 24.3 Å². The van der Waals surface area contributed by atoms with Crippen LogP contribution in [0.5, 0.6) is 0 Å². The van der Waals surface area contributed by atoms with Gasteiger partial charge in [-0.2, -0.15) is 0 Å². The maximum absolute atomic E-state index is 12.3. The van der Waals surface area contributed by atoms with Gasteiger partial charge in [0.15, 0.2) is 0 Å². The number of carbonyl (C=O) groups is 2. The van der Waals surface area contributed by atoms with Gasteiger partial charge in [0.2, 0.25) is 5.91 Å². The van der Waals surface area contributed by atoms with Crippen LogP contribution in [-0.4, -0.2) is 55.6 Å². The van der Waals surface area contributed by atoms with Crippen LogP contribution >= 0.6 is 12.4 Å². The predicted molar refractivity (Wildman–Crippen MR) is 108 cm³/mol. The number of hydrogen-bond donors (Lipinski definition) is 3. The molecule has 3 N–H and O–H groups in total. The van der Waals surface area contributed by atoms with Gasteiger partial charge in [-0.15, -0.1) is 12.4 Å². The molecule has 1 aliphatic heterocycles. The fourth-order valence-electron chi connectivity index (χ4n) is 4.02. The standard InChI is InChI=1S/C19H36N4O2.ClH/c1-20-15-17-11-8-14-23(17)18(24)12-6-3-7-13-21-19(25)22-16-9-4-2-5-10-16;/h16-17,20H,2-15H2,1H3,(H2,21,22,25);1H. The predicted octanol–water partition coefficient (Wildman–Crippen LogP) is 2.81. The van der Waals surface area contributed by atoms with E-state index < -0.39 is 0 Å². The zero-order chi connectivity index (χ0) is 17.9. The molecular weight excluding hydrogens is 352 g/mol. The molecule has 26 heavy (non-hydrogen) atoms. The molecule has 7 heteroatoms. The van der Waals surface area contributed by atoms with E-state index in [-0.39, 0.29) is 18.4 Å². The van der Waals surface area contributed by atoms with Crippen LogP contribution in [0.4, 0.5) is 4.79 Å². The number of likely N-dealkylation sites (tertiary alicyclic amines) is 1. The first-order chi connectivity index (χ1) is 12.2. The summed E-state index contributed by atoms with van der Waals surface area (Å²) in [6, 6.07) is 0.704. The van der Waals surface area contributed by atoms with Gasteiger partial charge in [0.05, 0.1) is 0 Å². The number of likely N-dealkylation sites (N-methyl/N-ethyl adjacent to an activating group) is 1. The normalized spacial score (nSPS) is 20.5. The Morgan fingerprint density at radius 1 is 1.00 bits per heavy atom. The number of unbranched alkanes of at least 4 members (excludes halogenated alkanes) is 2. The molecule has 0 bridgehead atoms. The van der Waals surface area contributed by atoms with Crippen LogP contribution in [0.1, 0.15) is 70.6 Å². The van der Waals surface area contributed by atoms with Crippen LogP contribution in [0.2, 0.25) is 0 Å². The molecule has 0 aromatic rings. The highest BCUT2D eigenvalue weighted by atomic mass is 35.5. The molecule has 1 saturated carbocycles. The number of amides is 3. The monoisotopic (exact) mass is 388 g/mol. The number of rotatable bonds is 9. The fraction of sp³-hybridized carbons (Fsp3) is 0.895. The third-order valence-electron chi connectivity index (χ3n) is 5.43. The van der Waals surface area contributed by atoms with E-state index >= 15 is 0 Å². The molecular formula is C19H37ClN4O2. The smallest absolute Gasteiger partial charge is 0.315 e. The van der Waals surface area contributed by atoms with Crippen molar-refractivity contribution in [3.8, 4) is 0 Å². The van der Waals surface area contributed by atoms with Crippen LogP contribution in [-0.2, 0) is 4.79 Å². The molecule has 1 atom stereocenters. The maximum Gasteiger partial charge on any atom is 0.315 e. The number of nitrogens with one attached hydrogen (secondary N) is 3. The quantitative estimate of drug-likeness (QED) is 0.532. The van der Waals surface area contributed by atoms with Gasteiger partial charge in [-0.3, -0.25) is 4.79 Å². The zero-order valence-corrected chi connectivity index (χ0v) is 17.0. The number of carbonyl (C=O) groups excluding carboxylic acids is 2. The maximum atomic E-state index is 12.3. The number of nitrogens with zero attached hydrogens (tertiary/aromatic N) is 1. The minimum Gasteiger partial charge on any atom is -0.338 e. The number of halogens is 1. The van der Waals surface area contributed by atoms with Crippen molar-refractivity contribution in [1.29, 1.82) is 0 Å². The number of urea groups is 1. The Morgan fingerprint density at radius 3 is 2.50 bits per heavy atom. The van der Waals surface area contributed by atoms with Crippen molar-refractivity contribution < 1.29 is 9.59 Å². The van der Waals surface area contributed by atoms with Gasteiger partial charge in [0.25, 0.3) is 0 Å². The van der Waals surface area contributed by atoms with Gasteiger partial charge < -0.3 is 20.9 Å². The van der Waals surface area contributed by atoms with E-state index in [0.717, 1.165) is 58.0 Å². The van der Waals surface area contributed by atoms with E-state index in [9.17, 15) is 9.59 Å². The third kappa shape index (κ3) is 8.12. The van der Waals surface area contributed by atoms with Gasteiger partial charge >= 0.3 is 6.03 Å². The molecule has 152 valence electrons. The molecule has 1 aliphatic carbocycles. The van der Waals surface area contributed by atoms with Crippen LogP contribution < -0.4 is 16.0 Å². The first kappa shape index (κ1) is 23.0. The Hall–Kier alpha value is -1.01. The van der Waals surface area contributed by atoms with Crippen molar-refractivity contribution in [2.75, 3.05) is 26.7 Å². The molecule has 1 heterocycles. The molecule has 0 radical (unpaired) electrons. The molecule has 3 amide bonds. The van der Waals surface area contributed by atoms with Crippen molar-refractivity contribution in [3.63, 3.8) is 0 Å². The molecule has 6 nitrogen and oxygen atoms in total. The number of hydrogen-bond acceptors (Lipinski definition) is 3. The molecule has 1 saturated heterocycles. The third-order valence-corrected chi connectivity index (χ3v) is 5.43. The minimum absolute atomic E-state index is 0. The highest BCUT2D eigenvalue weighted by molar-refractivity contribution is 5.85. The minimum atomic E-state index is -0.0325. The van der Waals surface area contributed by atoms with Crippen molar-refractivity contribution in [1.82, 2.24) is 20.9 Å². The lowest BCUT2D eigenvalue weighted by Gasteiger charge is -2.24. The Balaban J connectivity index is 0.00000338. The van der Waals surface area contributed by atoms with Gasteiger partial charge in [0.1, 0.15) is 0 Å². The summed E-state index contributed by atoms with van der Waals surface area (Å²) in [6.45, 7) is 2.50. The average molecular weight is 389 g/mol. The van der Waals surface area contributed by atoms with E-state index in [1.165, 1.54) is 19.3 Å². The Bertz CT molecular complexity index is 416. The molecule has 2 rings (SSSR count). The SMILES string of the molecule is CNCC1CCCN1C(=O)CCCCCNC(=O)NC1CCCCC1.Cl. The summed E-state index contributed by atoms with van der Waals surface area (Å²) >= 11 is 0. The zero-order valence-electron chi connectivity index (χ0n) is 16.2. The van der Waals surface area contributed by atoms with E-state index in [0.29, 0.717) is 31.0 Å². The summed E-state index contributed by atoms with van der Waals surface area (Å²) in [5.41, 5.74) is 0. The lowest BCUT2D eigenvalue weighted by Crippen LogP contribution is -2.43. The fourth-order valence-corrected chi connectivity index (χ4v) is 4.02. The molecule has 0 spiro atoms. The first-order valence-corrected chi connectivity index (χ1v) is 10.2. The molecule has 2 aliphatic rings. The second-order valence-corrected chi connectivity index (χ2v) is 7.49. The second kappa shape index (κ2) is 13.2. The Morgan fingerprint density at radius 2 is 1.77 bits per heavy atom. The summed E-state index contributed by atoms with van der Waals surface area (Å²) in [7, 11) is 1.94.